The van der Waals surface area contributed by atoms with Gasteiger partial charge in [-0.1, -0.05) is 48.5 Å². The minimum Gasteiger partial charge on any atom is -0.457 e. The van der Waals surface area contributed by atoms with Crippen LogP contribution >= 0.6 is 0 Å². The number of benzene rings is 3. The van der Waals surface area contributed by atoms with Gasteiger partial charge in [0.25, 0.3) is 5.91 Å². The van der Waals surface area contributed by atoms with E-state index in [1.807, 2.05) is 72.8 Å². The lowest BCUT2D eigenvalue weighted by atomic mass is 10.0. The first-order valence-electron chi connectivity index (χ1n) is 9.17. The predicted molar refractivity (Wildman–Crippen MR) is 106 cm³/mol. The van der Waals surface area contributed by atoms with Crippen molar-refractivity contribution in [3.8, 4) is 11.5 Å². The summed E-state index contributed by atoms with van der Waals surface area (Å²) in [6, 6.07) is 24.2. The molecule has 140 valence electrons. The first-order valence-corrected chi connectivity index (χ1v) is 9.17. The Balaban J connectivity index is 1.34. The zero-order valence-corrected chi connectivity index (χ0v) is 15.2. The van der Waals surface area contributed by atoms with E-state index in [4.69, 9.17) is 4.74 Å². The average molecular weight is 372 g/mol. The Morgan fingerprint density at radius 2 is 1.68 bits per heavy atom. The Kier molecular flexibility index (Phi) is 5.06. The summed E-state index contributed by atoms with van der Waals surface area (Å²) in [5.41, 5.74) is 2.46. The minimum atomic E-state index is -0.281. The van der Waals surface area contributed by atoms with Gasteiger partial charge in [-0.25, -0.2) is 0 Å². The second-order valence-corrected chi connectivity index (χ2v) is 6.66. The summed E-state index contributed by atoms with van der Waals surface area (Å²) in [7, 11) is 0. The van der Waals surface area contributed by atoms with Gasteiger partial charge in [0.15, 0.2) is 0 Å². The van der Waals surface area contributed by atoms with Gasteiger partial charge in [-0.05, 0) is 41.5 Å². The van der Waals surface area contributed by atoms with Gasteiger partial charge in [0.1, 0.15) is 11.5 Å². The molecule has 1 aliphatic heterocycles. The highest BCUT2D eigenvalue weighted by Crippen LogP contribution is 2.27. The quantitative estimate of drug-likeness (QED) is 0.688. The third-order valence-electron chi connectivity index (χ3n) is 4.64. The molecule has 2 N–H and O–H groups in total. The van der Waals surface area contributed by atoms with Crippen LogP contribution in [0.3, 0.4) is 0 Å². The minimum absolute atomic E-state index is 0.114. The molecule has 3 aromatic carbocycles. The van der Waals surface area contributed by atoms with Crippen LogP contribution in [0.4, 0.5) is 0 Å². The van der Waals surface area contributed by atoms with E-state index in [1.165, 1.54) is 0 Å². The number of para-hydroxylation sites is 1. The second-order valence-electron chi connectivity index (χ2n) is 6.66. The van der Waals surface area contributed by atoms with E-state index in [0.29, 0.717) is 12.1 Å². The summed E-state index contributed by atoms with van der Waals surface area (Å²) in [6.07, 6.45) is 0.211. The van der Waals surface area contributed by atoms with Crippen LogP contribution in [0.5, 0.6) is 11.5 Å². The third-order valence-corrected chi connectivity index (χ3v) is 4.64. The molecule has 1 atom stereocenters. The Hall–Kier alpha value is -3.60. The molecule has 1 heterocycles. The smallest absolute Gasteiger partial charge is 0.252 e. The lowest BCUT2D eigenvalue weighted by Gasteiger charge is -2.12. The fraction of sp³-hybridized carbons (Fsp3) is 0.130. The molecular weight excluding hydrogens is 352 g/mol. The molecule has 0 saturated carbocycles. The summed E-state index contributed by atoms with van der Waals surface area (Å²) < 4.78 is 5.82. The Labute approximate surface area is 163 Å². The molecule has 1 aliphatic rings. The molecule has 0 spiro atoms. The van der Waals surface area contributed by atoms with Crippen molar-refractivity contribution >= 4 is 11.8 Å². The largest absolute Gasteiger partial charge is 0.457 e. The monoisotopic (exact) mass is 372 g/mol. The topological polar surface area (TPSA) is 67.4 Å². The highest BCUT2D eigenvalue weighted by molar-refractivity contribution is 5.99. The van der Waals surface area contributed by atoms with Crippen LogP contribution in [0.1, 0.15) is 33.9 Å². The zero-order valence-electron chi connectivity index (χ0n) is 15.2. The lowest BCUT2D eigenvalue weighted by Crippen LogP contribution is -2.28. The van der Waals surface area contributed by atoms with Crippen molar-refractivity contribution in [2.24, 2.45) is 0 Å². The summed E-state index contributed by atoms with van der Waals surface area (Å²) in [6.45, 7) is 0.396. The van der Waals surface area contributed by atoms with E-state index in [2.05, 4.69) is 10.6 Å². The van der Waals surface area contributed by atoms with Crippen LogP contribution < -0.4 is 15.4 Å². The van der Waals surface area contributed by atoms with Crippen LogP contribution in [0.2, 0.25) is 0 Å². The van der Waals surface area contributed by atoms with Gasteiger partial charge in [0.05, 0.1) is 12.5 Å². The SMILES string of the molecule is O=C(C[C@H]1NC(=O)c2ccccc21)NCc1cccc(Oc2ccccc2)c1. The van der Waals surface area contributed by atoms with Gasteiger partial charge in [-0.15, -0.1) is 0 Å². The molecule has 0 bridgehead atoms. The Morgan fingerprint density at radius 1 is 0.929 bits per heavy atom. The molecule has 5 heteroatoms. The number of rotatable bonds is 6. The number of amides is 2. The molecule has 0 aliphatic carbocycles. The van der Waals surface area contributed by atoms with E-state index in [0.717, 1.165) is 22.6 Å². The second kappa shape index (κ2) is 7.96. The summed E-state index contributed by atoms with van der Waals surface area (Å²) in [5.74, 6) is 1.24. The number of nitrogens with one attached hydrogen (secondary N) is 2. The normalized spacial score (nSPS) is 14.9. The van der Waals surface area contributed by atoms with E-state index >= 15 is 0 Å². The average Bonchev–Trinajstić information content (AvgIpc) is 3.03. The Morgan fingerprint density at radius 3 is 2.54 bits per heavy atom. The van der Waals surface area contributed by atoms with Gasteiger partial charge < -0.3 is 15.4 Å². The number of hydrogen-bond acceptors (Lipinski definition) is 3. The van der Waals surface area contributed by atoms with Crippen LogP contribution in [0.25, 0.3) is 0 Å². The van der Waals surface area contributed by atoms with Crippen molar-refractivity contribution in [3.05, 3.63) is 95.6 Å². The van der Waals surface area contributed by atoms with E-state index in [1.54, 1.807) is 6.07 Å². The first kappa shape index (κ1) is 17.8. The summed E-state index contributed by atoms with van der Waals surface area (Å²) >= 11 is 0. The summed E-state index contributed by atoms with van der Waals surface area (Å²) in [4.78, 5) is 24.3. The number of ether oxygens (including phenoxy) is 1. The number of carbonyl (C=O) groups excluding carboxylic acids is 2. The summed E-state index contributed by atoms with van der Waals surface area (Å²) in [5, 5.41) is 5.78. The van der Waals surface area contributed by atoms with Crippen LogP contribution in [0, 0.1) is 0 Å². The number of hydrogen-bond donors (Lipinski definition) is 2. The fourth-order valence-corrected chi connectivity index (χ4v) is 3.28. The van der Waals surface area contributed by atoms with Gasteiger partial charge in [0.2, 0.25) is 5.91 Å². The molecule has 28 heavy (non-hydrogen) atoms. The molecule has 0 saturated heterocycles. The van der Waals surface area contributed by atoms with E-state index in [9.17, 15) is 9.59 Å². The molecule has 3 aromatic rings. The molecule has 0 unspecified atom stereocenters. The van der Waals surface area contributed by atoms with E-state index < -0.39 is 0 Å². The third kappa shape index (κ3) is 4.04. The molecule has 4 rings (SSSR count). The lowest BCUT2D eigenvalue weighted by molar-refractivity contribution is -0.121. The predicted octanol–water partition coefficient (Wildman–Crippen LogP) is 3.97. The van der Waals surface area contributed by atoms with Crippen molar-refractivity contribution in [2.45, 2.75) is 19.0 Å². The molecule has 0 radical (unpaired) electrons. The Bertz CT molecular complexity index is 1000. The highest BCUT2D eigenvalue weighted by atomic mass is 16.5. The van der Waals surface area contributed by atoms with Gasteiger partial charge in [-0.2, -0.15) is 0 Å². The van der Waals surface area contributed by atoms with Crippen LogP contribution in [-0.2, 0) is 11.3 Å². The van der Waals surface area contributed by atoms with Crippen molar-refractivity contribution in [1.29, 1.82) is 0 Å². The maximum atomic E-state index is 12.4. The van der Waals surface area contributed by atoms with Crippen molar-refractivity contribution < 1.29 is 14.3 Å². The zero-order chi connectivity index (χ0) is 19.3. The molecule has 0 aromatic heterocycles. The number of carbonyl (C=O) groups is 2. The van der Waals surface area contributed by atoms with Crippen molar-refractivity contribution in [3.63, 3.8) is 0 Å². The van der Waals surface area contributed by atoms with E-state index in [-0.39, 0.29) is 24.3 Å². The maximum absolute atomic E-state index is 12.4. The molecule has 5 nitrogen and oxygen atoms in total. The van der Waals surface area contributed by atoms with Gasteiger partial charge >= 0.3 is 0 Å². The van der Waals surface area contributed by atoms with Crippen molar-refractivity contribution in [1.82, 2.24) is 10.6 Å². The maximum Gasteiger partial charge on any atom is 0.252 e. The molecular formula is C23H20N2O3. The fourth-order valence-electron chi connectivity index (χ4n) is 3.28. The standard InChI is InChI=1S/C23H20N2O3/c26-22(14-21-19-11-4-5-12-20(19)23(27)25-21)24-15-16-7-6-10-18(13-16)28-17-8-2-1-3-9-17/h1-13,21H,14-15H2,(H,24,26)(H,25,27)/t21-/m1/s1. The number of fused-ring (bicyclic) bond motifs is 1. The van der Waals surface area contributed by atoms with Gasteiger partial charge in [-0.3, -0.25) is 9.59 Å². The van der Waals surface area contributed by atoms with Crippen LogP contribution in [0.15, 0.2) is 78.9 Å². The highest BCUT2D eigenvalue weighted by Gasteiger charge is 2.29. The molecule has 2 amide bonds. The molecule has 0 fully saturated rings. The van der Waals surface area contributed by atoms with Crippen molar-refractivity contribution in [2.75, 3.05) is 0 Å². The first-order chi connectivity index (χ1) is 13.7. The van der Waals surface area contributed by atoms with Gasteiger partial charge in [0, 0.05) is 12.1 Å². The van der Waals surface area contributed by atoms with Crippen LogP contribution in [-0.4, -0.2) is 11.8 Å².